The number of rotatable bonds is 8. The Bertz CT molecular complexity index is 91.2. The van der Waals surface area contributed by atoms with Gasteiger partial charge in [-0.05, 0) is 0 Å². The number of hydrogen-bond donors (Lipinski definition) is 0. The highest BCUT2D eigenvalue weighted by atomic mass is 16.7. The summed E-state index contributed by atoms with van der Waals surface area (Å²) in [7, 11) is 3.18. The molecule has 0 amide bonds. The van der Waals surface area contributed by atoms with Gasteiger partial charge in [-0.2, -0.15) is 0 Å². The zero-order chi connectivity index (χ0) is 9.07. The van der Waals surface area contributed by atoms with Crippen LogP contribution in [-0.4, -0.2) is 41.0 Å². The topological polar surface area (TPSA) is 36.9 Å². The second-order valence-corrected chi connectivity index (χ2v) is 2.03. The highest BCUT2D eigenvalue weighted by molar-refractivity contribution is 4.80. The molecule has 0 aromatic carbocycles. The molecule has 0 aromatic heterocycles. The Morgan fingerprint density at radius 2 is 1.25 bits per heavy atom. The van der Waals surface area contributed by atoms with Gasteiger partial charge in [0.1, 0.15) is 13.6 Å². The summed E-state index contributed by atoms with van der Waals surface area (Å²) >= 11 is 0. The first-order chi connectivity index (χ1) is 5.91. The van der Waals surface area contributed by atoms with Crippen LogP contribution in [0.4, 0.5) is 0 Å². The van der Waals surface area contributed by atoms with Gasteiger partial charge in [0, 0.05) is 14.2 Å². The van der Waals surface area contributed by atoms with Crippen LogP contribution in [0.3, 0.4) is 0 Å². The Hall–Kier alpha value is -0.420. The third-order valence-electron chi connectivity index (χ3n) is 0.997. The lowest BCUT2D eigenvalue weighted by molar-refractivity contribution is -0.0223. The fraction of sp³-hybridized carbons (Fsp3) is 0.750. The van der Waals surface area contributed by atoms with E-state index in [1.807, 2.05) is 12.2 Å². The van der Waals surface area contributed by atoms with Gasteiger partial charge in [0.05, 0.1) is 13.2 Å². The van der Waals surface area contributed by atoms with E-state index in [4.69, 9.17) is 9.47 Å². The maximum Gasteiger partial charge on any atom is 0.146 e. The predicted octanol–water partition coefficient (Wildman–Crippen LogP) is 0.784. The van der Waals surface area contributed by atoms with Crippen LogP contribution in [0.15, 0.2) is 12.2 Å². The molecule has 4 nitrogen and oxygen atoms in total. The van der Waals surface area contributed by atoms with Gasteiger partial charge in [-0.25, -0.2) is 0 Å². The van der Waals surface area contributed by atoms with Crippen molar-refractivity contribution in [1.29, 1.82) is 0 Å². The van der Waals surface area contributed by atoms with Crippen molar-refractivity contribution in [1.82, 2.24) is 0 Å². The average Bonchev–Trinajstić information content (AvgIpc) is 2.10. The van der Waals surface area contributed by atoms with E-state index in [1.54, 1.807) is 14.2 Å². The summed E-state index contributed by atoms with van der Waals surface area (Å²) in [6.07, 6.45) is 3.74. The molecule has 4 heteroatoms. The Morgan fingerprint density at radius 1 is 0.833 bits per heavy atom. The maximum atomic E-state index is 4.99. The summed E-state index contributed by atoms with van der Waals surface area (Å²) in [6, 6.07) is 0. The number of methoxy groups -OCH3 is 2. The van der Waals surface area contributed by atoms with E-state index in [2.05, 4.69) is 9.47 Å². The van der Waals surface area contributed by atoms with Gasteiger partial charge in [-0.15, -0.1) is 0 Å². The molecule has 0 unspecified atom stereocenters. The third kappa shape index (κ3) is 9.58. The normalized spacial score (nSPS) is 11.2. The molecule has 72 valence electrons. The van der Waals surface area contributed by atoms with Crippen LogP contribution in [0, 0.1) is 0 Å². The smallest absolute Gasteiger partial charge is 0.146 e. The molecule has 0 bridgehead atoms. The summed E-state index contributed by atoms with van der Waals surface area (Å²) in [4.78, 5) is 0. The van der Waals surface area contributed by atoms with Crippen molar-refractivity contribution in [3.05, 3.63) is 12.2 Å². The molecule has 0 aliphatic heterocycles. The van der Waals surface area contributed by atoms with Crippen molar-refractivity contribution >= 4 is 0 Å². The van der Waals surface area contributed by atoms with Crippen molar-refractivity contribution < 1.29 is 18.9 Å². The fourth-order valence-electron chi connectivity index (χ4n) is 0.535. The van der Waals surface area contributed by atoms with Gasteiger partial charge in [-0.3, -0.25) is 0 Å². The molecule has 0 spiro atoms. The van der Waals surface area contributed by atoms with Crippen molar-refractivity contribution in [2.75, 3.05) is 41.0 Å². The van der Waals surface area contributed by atoms with Gasteiger partial charge < -0.3 is 18.9 Å². The minimum Gasteiger partial charge on any atom is -0.359 e. The number of ether oxygens (including phenoxy) is 4. The van der Waals surface area contributed by atoms with Crippen molar-refractivity contribution in [2.45, 2.75) is 0 Å². The molecule has 0 saturated heterocycles. The van der Waals surface area contributed by atoms with Crippen LogP contribution in [0.2, 0.25) is 0 Å². The van der Waals surface area contributed by atoms with E-state index in [9.17, 15) is 0 Å². The SMILES string of the molecule is COCOCC=CCOCOC. The minimum atomic E-state index is 0.323. The van der Waals surface area contributed by atoms with Crippen LogP contribution in [0.25, 0.3) is 0 Å². The molecule has 0 aliphatic rings. The van der Waals surface area contributed by atoms with E-state index >= 15 is 0 Å². The van der Waals surface area contributed by atoms with E-state index in [1.165, 1.54) is 0 Å². The van der Waals surface area contributed by atoms with Gasteiger partial charge in [0.15, 0.2) is 0 Å². The molecule has 0 heterocycles. The van der Waals surface area contributed by atoms with Gasteiger partial charge in [-0.1, -0.05) is 12.2 Å². The lowest BCUT2D eigenvalue weighted by Crippen LogP contribution is -1.97. The first kappa shape index (κ1) is 11.6. The van der Waals surface area contributed by atoms with Crippen LogP contribution in [-0.2, 0) is 18.9 Å². The standard InChI is InChI=1S/C8H16O4/c1-9-7-11-5-3-4-6-12-8-10-2/h3-4H,5-8H2,1-2H3. The van der Waals surface area contributed by atoms with Gasteiger partial charge >= 0.3 is 0 Å². The van der Waals surface area contributed by atoms with Crippen molar-refractivity contribution in [3.63, 3.8) is 0 Å². The first-order valence-corrected chi connectivity index (χ1v) is 3.70. The molecular weight excluding hydrogens is 160 g/mol. The molecule has 0 atom stereocenters. The van der Waals surface area contributed by atoms with Gasteiger partial charge in [0.2, 0.25) is 0 Å². The molecule has 0 saturated carbocycles. The fourth-order valence-corrected chi connectivity index (χ4v) is 0.535. The van der Waals surface area contributed by atoms with E-state index in [-0.39, 0.29) is 0 Å². The molecule has 0 rings (SSSR count). The van der Waals surface area contributed by atoms with Crippen molar-refractivity contribution in [3.8, 4) is 0 Å². The summed E-state index contributed by atoms with van der Waals surface area (Å²) in [5, 5.41) is 0. The highest BCUT2D eigenvalue weighted by Crippen LogP contribution is 1.80. The van der Waals surface area contributed by atoms with Crippen LogP contribution in [0.1, 0.15) is 0 Å². The molecular formula is C8H16O4. The summed E-state index contributed by atoms with van der Waals surface area (Å²) in [5.41, 5.74) is 0. The first-order valence-electron chi connectivity index (χ1n) is 3.70. The molecule has 0 radical (unpaired) electrons. The highest BCUT2D eigenvalue weighted by Gasteiger charge is 1.80. The van der Waals surface area contributed by atoms with Crippen LogP contribution < -0.4 is 0 Å². The molecule has 0 aromatic rings. The quantitative estimate of drug-likeness (QED) is 0.311. The molecule has 12 heavy (non-hydrogen) atoms. The van der Waals surface area contributed by atoms with Crippen LogP contribution in [0.5, 0.6) is 0 Å². The molecule has 0 aliphatic carbocycles. The minimum absolute atomic E-state index is 0.323. The van der Waals surface area contributed by atoms with Crippen molar-refractivity contribution in [2.24, 2.45) is 0 Å². The zero-order valence-electron chi connectivity index (χ0n) is 7.62. The van der Waals surface area contributed by atoms with E-state index < -0.39 is 0 Å². The molecule has 0 N–H and O–H groups in total. The zero-order valence-corrected chi connectivity index (χ0v) is 7.62. The largest absolute Gasteiger partial charge is 0.359 e. The monoisotopic (exact) mass is 176 g/mol. The predicted molar refractivity (Wildman–Crippen MR) is 44.8 cm³/mol. The van der Waals surface area contributed by atoms with E-state index in [0.717, 1.165) is 0 Å². The van der Waals surface area contributed by atoms with Gasteiger partial charge in [0.25, 0.3) is 0 Å². The lowest BCUT2D eigenvalue weighted by Gasteiger charge is -1.98. The second kappa shape index (κ2) is 10.6. The Balaban J connectivity index is 2.93. The molecule has 0 fully saturated rings. The number of hydrogen-bond acceptors (Lipinski definition) is 4. The van der Waals surface area contributed by atoms with E-state index in [0.29, 0.717) is 26.8 Å². The Labute approximate surface area is 73.1 Å². The summed E-state index contributed by atoms with van der Waals surface area (Å²) in [5.74, 6) is 0. The Kier molecular flexibility index (Phi) is 10.2. The lowest BCUT2D eigenvalue weighted by atomic mass is 10.5. The third-order valence-corrected chi connectivity index (χ3v) is 0.997. The second-order valence-electron chi connectivity index (χ2n) is 2.03. The average molecular weight is 176 g/mol. The summed E-state index contributed by atoms with van der Waals surface area (Å²) in [6.45, 7) is 1.74. The summed E-state index contributed by atoms with van der Waals surface area (Å²) < 4.78 is 19.3. The maximum absolute atomic E-state index is 4.99. The van der Waals surface area contributed by atoms with Crippen LogP contribution >= 0.6 is 0 Å². The Morgan fingerprint density at radius 3 is 1.58 bits per heavy atom.